The molecule has 3 rings (SSSR count). The Labute approximate surface area is 105 Å². The summed E-state index contributed by atoms with van der Waals surface area (Å²) in [7, 11) is 0. The molecule has 2 N–H and O–H groups in total. The molecule has 1 aromatic rings. The molecule has 5 nitrogen and oxygen atoms in total. The Morgan fingerprint density at radius 2 is 1.78 bits per heavy atom. The van der Waals surface area contributed by atoms with Crippen LogP contribution in [0.1, 0.15) is 11.9 Å². The smallest absolute Gasteiger partial charge is 0.184 e. The Bertz CT molecular complexity index is 394. The molecule has 2 fully saturated rings. The fourth-order valence-electron chi connectivity index (χ4n) is 2.31. The Balaban J connectivity index is 1.75. The predicted octanol–water partition coefficient (Wildman–Crippen LogP) is 0.221. The first kappa shape index (κ1) is 12.1. The van der Waals surface area contributed by atoms with Crippen LogP contribution in [0.25, 0.3) is 0 Å². The number of aliphatic hydroxyl groups is 2. The first-order valence-corrected chi connectivity index (χ1v) is 6.05. The van der Waals surface area contributed by atoms with Crippen molar-refractivity contribution in [2.24, 2.45) is 0 Å². The highest BCUT2D eigenvalue weighted by atomic mass is 16.7. The molecule has 18 heavy (non-hydrogen) atoms. The Morgan fingerprint density at radius 1 is 1.00 bits per heavy atom. The second-order valence-corrected chi connectivity index (χ2v) is 4.61. The second-order valence-electron chi connectivity index (χ2n) is 4.61. The molecule has 98 valence electrons. The summed E-state index contributed by atoms with van der Waals surface area (Å²) in [6.07, 6.45) is -3.22. The van der Waals surface area contributed by atoms with E-state index in [9.17, 15) is 10.2 Å². The van der Waals surface area contributed by atoms with Crippen LogP contribution in [0.4, 0.5) is 0 Å². The third kappa shape index (κ3) is 2.15. The fraction of sp³-hybridized carbons (Fsp3) is 0.538. The van der Waals surface area contributed by atoms with Crippen LogP contribution in [-0.4, -0.2) is 47.8 Å². The van der Waals surface area contributed by atoms with E-state index < -0.39 is 24.6 Å². The minimum atomic E-state index is -0.932. The van der Waals surface area contributed by atoms with Gasteiger partial charge in [-0.05, 0) is 0 Å². The molecule has 0 aromatic heterocycles. The number of fused-ring (bicyclic) bond motifs is 1. The quantitative estimate of drug-likeness (QED) is 0.748. The molecule has 3 unspecified atom stereocenters. The van der Waals surface area contributed by atoms with Gasteiger partial charge in [0.2, 0.25) is 0 Å². The van der Waals surface area contributed by atoms with Crippen molar-refractivity contribution in [3.8, 4) is 0 Å². The topological polar surface area (TPSA) is 68.2 Å². The molecule has 5 heteroatoms. The van der Waals surface area contributed by atoms with Crippen LogP contribution < -0.4 is 0 Å². The zero-order chi connectivity index (χ0) is 12.5. The molecule has 0 radical (unpaired) electrons. The molecule has 0 amide bonds. The standard InChI is InChI=1S/C13H16O5/c14-9-6-16-10-7-17-13(18-12(10)11(9)15)8-4-2-1-3-5-8/h1-5,9-15H,6-7H2/t9-,10?,11?,12-,13?/m1/s1. The van der Waals surface area contributed by atoms with Gasteiger partial charge < -0.3 is 24.4 Å². The Kier molecular flexibility index (Phi) is 3.32. The summed E-state index contributed by atoms with van der Waals surface area (Å²) in [5, 5.41) is 19.5. The van der Waals surface area contributed by atoms with Crippen molar-refractivity contribution < 1.29 is 24.4 Å². The first-order valence-electron chi connectivity index (χ1n) is 6.05. The van der Waals surface area contributed by atoms with E-state index in [0.29, 0.717) is 6.61 Å². The van der Waals surface area contributed by atoms with Crippen LogP contribution in [0.3, 0.4) is 0 Å². The number of hydrogen-bond acceptors (Lipinski definition) is 5. The van der Waals surface area contributed by atoms with Crippen LogP contribution in [0, 0.1) is 0 Å². The molecule has 1 aromatic carbocycles. The average Bonchev–Trinajstić information content (AvgIpc) is 2.44. The van der Waals surface area contributed by atoms with Crippen molar-refractivity contribution in [2.75, 3.05) is 13.2 Å². The van der Waals surface area contributed by atoms with E-state index >= 15 is 0 Å². The third-order valence-corrected chi connectivity index (χ3v) is 3.34. The average molecular weight is 252 g/mol. The number of ether oxygens (including phenoxy) is 3. The van der Waals surface area contributed by atoms with E-state index in [1.807, 2.05) is 30.3 Å². The maximum Gasteiger partial charge on any atom is 0.184 e. The first-order chi connectivity index (χ1) is 8.75. The molecule has 0 bridgehead atoms. The zero-order valence-electron chi connectivity index (χ0n) is 9.81. The summed E-state index contributed by atoms with van der Waals surface area (Å²) in [6.45, 7) is 0.471. The van der Waals surface area contributed by atoms with Crippen LogP contribution in [0.15, 0.2) is 30.3 Å². The van der Waals surface area contributed by atoms with Gasteiger partial charge in [-0.25, -0.2) is 0 Å². The fourth-order valence-corrected chi connectivity index (χ4v) is 2.31. The minimum Gasteiger partial charge on any atom is -0.388 e. The third-order valence-electron chi connectivity index (χ3n) is 3.34. The molecular weight excluding hydrogens is 236 g/mol. The maximum absolute atomic E-state index is 9.93. The van der Waals surface area contributed by atoms with Crippen molar-refractivity contribution in [1.29, 1.82) is 0 Å². The monoisotopic (exact) mass is 252 g/mol. The van der Waals surface area contributed by atoms with Crippen molar-refractivity contribution in [1.82, 2.24) is 0 Å². The van der Waals surface area contributed by atoms with Crippen molar-refractivity contribution in [3.63, 3.8) is 0 Å². The molecule has 0 aliphatic carbocycles. The van der Waals surface area contributed by atoms with Gasteiger partial charge in [-0.1, -0.05) is 30.3 Å². The van der Waals surface area contributed by atoms with Gasteiger partial charge >= 0.3 is 0 Å². The normalized spacial score (nSPS) is 40.2. The van der Waals surface area contributed by atoms with Crippen molar-refractivity contribution >= 4 is 0 Å². The summed E-state index contributed by atoms with van der Waals surface area (Å²) in [5.41, 5.74) is 0.892. The van der Waals surface area contributed by atoms with Gasteiger partial charge in [-0.3, -0.25) is 0 Å². The van der Waals surface area contributed by atoms with Crippen LogP contribution in [0.2, 0.25) is 0 Å². The van der Waals surface area contributed by atoms with Crippen LogP contribution in [-0.2, 0) is 14.2 Å². The Morgan fingerprint density at radius 3 is 2.56 bits per heavy atom. The minimum absolute atomic E-state index is 0.116. The highest BCUT2D eigenvalue weighted by Gasteiger charge is 2.44. The summed E-state index contributed by atoms with van der Waals surface area (Å²) in [6, 6.07) is 9.51. The number of hydrogen-bond donors (Lipinski definition) is 2. The van der Waals surface area contributed by atoms with E-state index in [0.717, 1.165) is 5.56 Å². The summed E-state index contributed by atoms with van der Waals surface area (Å²) < 4.78 is 16.7. The molecular formula is C13H16O5. The molecule has 5 atom stereocenters. The van der Waals surface area contributed by atoms with E-state index in [4.69, 9.17) is 14.2 Å². The van der Waals surface area contributed by atoms with Gasteiger partial charge in [0.05, 0.1) is 13.2 Å². The number of aliphatic hydroxyl groups excluding tert-OH is 2. The lowest BCUT2D eigenvalue weighted by molar-refractivity contribution is -0.314. The predicted molar refractivity (Wildman–Crippen MR) is 61.8 cm³/mol. The number of rotatable bonds is 1. The number of benzene rings is 1. The van der Waals surface area contributed by atoms with Crippen LogP contribution >= 0.6 is 0 Å². The van der Waals surface area contributed by atoms with Gasteiger partial charge in [0, 0.05) is 5.56 Å². The molecule has 0 spiro atoms. The van der Waals surface area contributed by atoms with Gasteiger partial charge in [-0.15, -0.1) is 0 Å². The van der Waals surface area contributed by atoms with E-state index in [2.05, 4.69) is 0 Å². The van der Waals surface area contributed by atoms with Crippen LogP contribution in [0.5, 0.6) is 0 Å². The molecule has 2 aliphatic rings. The van der Waals surface area contributed by atoms with Gasteiger partial charge in [0.25, 0.3) is 0 Å². The van der Waals surface area contributed by atoms with Crippen molar-refractivity contribution in [2.45, 2.75) is 30.7 Å². The lowest BCUT2D eigenvalue weighted by Gasteiger charge is -2.43. The Hall–Kier alpha value is -0.980. The van der Waals surface area contributed by atoms with Gasteiger partial charge in [0.15, 0.2) is 6.29 Å². The SMILES string of the molecule is OC1[C@@H]2OC(c3ccccc3)OCC2OC[C@H]1O. The van der Waals surface area contributed by atoms with E-state index in [1.54, 1.807) is 0 Å². The largest absolute Gasteiger partial charge is 0.388 e. The van der Waals surface area contributed by atoms with Gasteiger partial charge in [0.1, 0.15) is 24.4 Å². The van der Waals surface area contributed by atoms with E-state index in [-0.39, 0.29) is 12.7 Å². The molecule has 2 aliphatic heterocycles. The van der Waals surface area contributed by atoms with Gasteiger partial charge in [-0.2, -0.15) is 0 Å². The zero-order valence-corrected chi connectivity index (χ0v) is 9.81. The second kappa shape index (κ2) is 4.95. The summed E-state index contributed by atoms with van der Waals surface area (Å²) in [4.78, 5) is 0. The van der Waals surface area contributed by atoms with Crippen molar-refractivity contribution in [3.05, 3.63) is 35.9 Å². The highest BCUT2D eigenvalue weighted by molar-refractivity contribution is 5.16. The summed E-state index contributed by atoms with van der Waals surface area (Å²) in [5.74, 6) is 0. The summed E-state index contributed by atoms with van der Waals surface area (Å²) >= 11 is 0. The molecule has 2 saturated heterocycles. The molecule has 0 saturated carbocycles. The lowest BCUT2D eigenvalue weighted by atomic mass is 9.99. The maximum atomic E-state index is 9.93. The lowest BCUT2D eigenvalue weighted by Crippen LogP contribution is -2.58. The highest BCUT2D eigenvalue weighted by Crippen LogP contribution is 2.31. The molecule has 2 heterocycles. The van der Waals surface area contributed by atoms with E-state index in [1.165, 1.54) is 0 Å².